The van der Waals surface area contributed by atoms with Gasteiger partial charge < -0.3 is 10.1 Å². The first-order valence-corrected chi connectivity index (χ1v) is 12.0. The van der Waals surface area contributed by atoms with Gasteiger partial charge >= 0.3 is 0 Å². The van der Waals surface area contributed by atoms with E-state index < -0.39 is 0 Å². The summed E-state index contributed by atoms with van der Waals surface area (Å²) >= 11 is 6.13. The van der Waals surface area contributed by atoms with E-state index in [1.54, 1.807) is 6.20 Å². The summed E-state index contributed by atoms with van der Waals surface area (Å²) in [5.74, 6) is 0.404. The lowest BCUT2D eigenvalue weighted by molar-refractivity contribution is -0.120. The first-order chi connectivity index (χ1) is 16.6. The standard InChI is InChI=1S/C27H31ClN4O2/c1-21-6-5-13-29-27(21)30-25(33)20-34-19-18-31-14-16-32(17-15-31)26(22-7-3-2-4-8-22)23-9-11-24(28)12-10-23/h2-13,26H,14-20H2,1H3,(H,29,30,33). The lowest BCUT2D eigenvalue weighted by atomic mass is 9.96. The third kappa shape index (κ3) is 6.64. The number of pyridine rings is 1. The summed E-state index contributed by atoms with van der Waals surface area (Å²) in [6.45, 7) is 7.11. The minimum absolute atomic E-state index is 0.0304. The molecule has 0 spiro atoms. The highest BCUT2D eigenvalue weighted by molar-refractivity contribution is 6.30. The largest absolute Gasteiger partial charge is 0.370 e. The number of hydrogen-bond acceptors (Lipinski definition) is 5. The number of rotatable bonds is 9. The number of carbonyl (C=O) groups is 1. The van der Waals surface area contributed by atoms with Crippen molar-refractivity contribution in [1.82, 2.24) is 14.8 Å². The van der Waals surface area contributed by atoms with Gasteiger partial charge in [0.1, 0.15) is 12.4 Å². The smallest absolute Gasteiger partial charge is 0.251 e. The lowest BCUT2D eigenvalue weighted by Gasteiger charge is -2.39. The van der Waals surface area contributed by atoms with Crippen molar-refractivity contribution in [3.63, 3.8) is 0 Å². The SMILES string of the molecule is Cc1cccnc1NC(=O)COCCN1CCN(C(c2ccccc2)c2ccc(Cl)cc2)CC1. The summed E-state index contributed by atoms with van der Waals surface area (Å²) in [7, 11) is 0. The number of aryl methyl sites for hydroxylation is 1. The molecular formula is C27H31ClN4O2. The number of aromatic nitrogens is 1. The molecule has 0 aliphatic carbocycles. The van der Waals surface area contributed by atoms with Crippen molar-refractivity contribution in [2.75, 3.05) is 51.3 Å². The number of amides is 1. The van der Waals surface area contributed by atoms with Gasteiger partial charge in [0.05, 0.1) is 12.6 Å². The van der Waals surface area contributed by atoms with E-state index in [2.05, 4.69) is 62.6 Å². The number of anilines is 1. The molecule has 34 heavy (non-hydrogen) atoms. The lowest BCUT2D eigenvalue weighted by Crippen LogP contribution is -2.48. The molecule has 0 radical (unpaired) electrons. The number of nitrogens with one attached hydrogen (secondary N) is 1. The van der Waals surface area contributed by atoms with Gasteiger partial charge in [-0.25, -0.2) is 4.98 Å². The Morgan fingerprint density at radius 3 is 2.41 bits per heavy atom. The van der Waals surface area contributed by atoms with Gasteiger partial charge in [-0.2, -0.15) is 0 Å². The van der Waals surface area contributed by atoms with Gasteiger partial charge in [-0.05, 0) is 41.8 Å². The molecule has 6 nitrogen and oxygen atoms in total. The zero-order chi connectivity index (χ0) is 23.8. The molecule has 1 unspecified atom stereocenters. The van der Waals surface area contributed by atoms with Crippen molar-refractivity contribution in [3.8, 4) is 0 Å². The van der Waals surface area contributed by atoms with Crippen LogP contribution in [0.3, 0.4) is 0 Å². The Labute approximate surface area is 206 Å². The van der Waals surface area contributed by atoms with Crippen LogP contribution in [-0.2, 0) is 9.53 Å². The molecule has 1 amide bonds. The predicted molar refractivity (Wildman–Crippen MR) is 136 cm³/mol. The van der Waals surface area contributed by atoms with Crippen LogP contribution in [0.15, 0.2) is 72.9 Å². The van der Waals surface area contributed by atoms with Crippen molar-refractivity contribution < 1.29 is 9.53 Å². The average molecular weight is 479 g/mol. The zero-order valence-electron chi connectivity index (χ0n) is 19.5. The van der Waals surface area contributed by atoms with Gasteiger partial charge in [0.25, 0.3) is 5.91 Å². The van der Waals surface area contributed by atoms with Gasteiger partial charge in [0, 0.05) is 43.9 Å². The normalized spacial score (nSPS) is 15.7. The maximum Gasteiger partial charge on any atom is 0.251 e. The third-order valence-corrected chi connectivity index (χ3v) is 6.38. The molecule has 3 aromatic rings. The third-order valence-electron chi connectivity index (χ3n) is 6.13. The number of carbonyl (C=O) groups excluding carboxylic acids is 1. The molecule has 1 fully saturated rings. The molecule has 0 saturated carbocycles. The Morgan fingerprint density at radius 2 is 1.71 bits per heavy atom. The highest BCUT2D eigenvalue weighted by Gasteiger charge is 2.26. The Kier molecular flexibility index (Phi) is 8.66. The summed E-state index contributed by atoms with van der Waals surface area (Å²) in [5, 5.41) is 3.55. The van der Waals surface area contributed by atoms with E-state index in [-0.39, 0.29) is 18.6 Å². The van der Waals surface area contributed by atoms with Crippen LogP contribution in [-0.4, -0.2) is 66.6 Å². The molecule has 4 rings (SSSR count). The summed E-state index contributed by atoms with van der Waals surface area (Å²) in [6.07, 6.45) is 1.67. The number of ether oxygens (including phenoxy) is 1. The molecule has 2 aromatic carbocycles. The molecule has 1 aliphatic rings. The number of piperazine rings is 1. The Bertz CT molecular complexity index is 1050. The quantitative estimate of drug-likeness (QED) is 0.462. The summed E-state index contributed by atoms with van der Waals surface area (Å²) < 4.78 is 5.63. The van der Waals surface area contributed by atoms with Crippen molar-refractivity contribution >= 4 is 23.3 Å². The Morgan fingerprint density at radius 1 is 1.00 bits per heavy atom. The summed E-state index contributed by atoms with van der Waals surface area (Å²) in [5.41, 5.74) is 3.47. The van der Waals surface area contributed by atoms with E-state index in [1.807, 2.05) is 31.2 Å². The zero-order valence-corrected chi connectivity index (χ0v) is 20.2. The molecule has 178 valence electrons. The number of hydrogen-bond donors (Lipinski definition) is 1. The van der Waals surface area contributed by atoms with Crippen molar-refractivity contribution in [1.29, 1.82) is 0 Å². The Hall–Kier alpha value is -2.77. The number of benzene rings is 2. The topological polar surface area (TPSA) is 57.7 Å². The maximum atomic E-state index is 12.1. The Balaban J connectivity index is 1.24. The minimum Gasteiger partial charge on any atom is -0.370 e. The fourth-order valence-corrected chi connectivity index (χ4v) is 4.41. The average Bonchev–Trinajstić information content (AvgIpc) is 2.86. The highest BCUT2D eigenvalue weighted by Crippen LogP contribution is 2.30. The first kappa shape index (κ1) is 24.4. The van der Waals surface area contributed by atoms with Gasteiger partial charge in [-0.15, -0.1) is 0 Å². The molecule has 1 saturated heterocycles. The minimum atomic E-state index is -0.180. The van der Waals surface area contributed by atoms with E-state index >= 15 is 0 Å². The van der Waals surface area contributed by atoms with Crippen LogP contribution in [0.5, 0.6) is 0 Å². The van der Waals surface area contributed by atoms with Gasteiger partial charge in [-0.3, -0.25) is 14.6 Å². The molecule has 1 N–H and O–H groups in total. The van der Waals surface area contributed by atoms with Gasteiger partial charge in [0.15, 0.2) is 0 Å². The van der Waals surface area contributed by atoms with E-state index in [0.29, 0.717) is 12.4 Å². The van der Waals surface area contributed by atoms with Crippen LogP contribution in [0.4, 0.5) is 5.82 Å². The molecule has 1 aromatic heterocycles. The molecule has 7 heteroatoms. The van der Waals surface area contributed by atoms with Crippen LogP contribution in [0.25, 0.3) is 0 Å². The van der Waals surface area contributed by atoms with Crippen LogP contribution in [0.2, 0.25) is 5.02 Å². The van der Waals surface area contributed by atoms with Crippen LogP contribution >= 0.6 is 11.6 Å². The second-order valence-electron chi connectivity index (χ2n) is 8.51. The predicted octanol–water partition coefficient (Wildman–Crippen LogP) is 4.41. The van der Waals surface area contributed by atoms with Gasteiger partial charge in [-0.1, -0.05) is 60.1 Å². The van der Waals surface area contributed by atoms with Crippen molar-refractivity contribution in [2.45, 2.75) is 13.0 Å². The summed E-state index contributed by atoms with van der Waals surface area (Å²) in [6, 6.07) is 22.8. The molecule has 2 heterocycles. The number of nitrogens with zero attached hydrogens (tertiary/aromatic N) is 3. The van der Waals surface area contributed by atoms with Crippen LogP contribution in [0, 0.1) is 6.92 Å². The maximum absolute atomic E-state index is 12.1. The van der Waals surface area contributed by atoms with Crippen molar-refractivity contribution in [3.05, 3.63) is 94.6 Å². The second-order valence-corrected chi connectivity index (χ2v) is 8.95. The van der Waals surface area contributed by atoms with E-state index in [0.717, 1.165) is 43.3 Å². The molecular weight excluding hydrogens is 448 g/mol. The summed E-state index contributed by atoms with van der Waals surface area (Å²) in [4.78, 5) is 21.2. The fraction of sp³-hybridized carbons (Fsp3) is 0.333. The van der Waals surface area contributed by atoms with E-state index in [4.69, 9.17) is 16.3 Å². The van der Waals surface area contributed by atoms with E-state index in [1.165, 1.54) is 11.1 Å². The van der Waals surface area contributed by atoms with Crippen molar-refractivity contribution in [2.24, 2.45) is 0 Å². The second kappa shape index (κ2) is 12.1. The van der Waals surface area contributed by atoms with E-state index in [9.17, 15) is 4.79 Å². The molecule has 1 aliphatic heterocycles. The van der Waals surface area contributed by atoms with Crippen LogP contribution < -0.4 is 5.32 Å². The monoisotopic (exact) mass is 478 g/mol. The first-order valence-electron chi connectivity index (χ1n) is 11.7. The number of halogens is 1. The highest BCUT2D eigenvalue weighted by atomic mass is 35.5. The van der Waals surface area contributed by atoms with Crippen LogP contribution in [0.1, 0.15) is 22.7 Å². The molecule has 0 bridgehead atoms. The molecule has 1 atom stereocenters. The fourth-order valence-electron chi connectivity index (χ4n) is 4.28. The van der Waals surface area contributed by atoms with Gasteiger partial charge in [0.2, 0.25) is 0 Å².